The van der Waals surface area contributed by atoms with Crippen LogP contribution in [0.3, 0.4) is 0 Å². The molecule has 0 aliphatic carbocycles. The zero-order valence-electron chi connectivity index (χ0n) is 38.5. The number of nitrogens with zero attached hydrogens (tertiary/aromatic N) is 10. The van der Waals surface area contributed by atoms with Crippen LogP contribution < -0.4 is 133 Å². The third-order valence-corrected chi connectivity index (χ3v) is 15.2. The summed E-state index contributed by atoms with van der Waals surface area (Å²) in [6, 6.07) is 11.0. The maximum absolute atomic E-state index is 12.8. The van der Waals surface area contributed by atoms with Gasteiger partial charge >= 0.3 is 115 Å². The van der Waals surface area contributed by atoms with Crippen molar-refractivity contribution in [2.45, 2.75) is 59.1 Å². The molecule has 0 spiro atoms. The van der Waals surface area contributed by atoms with Crippen LogP contribution in [-0.2, 0) is 73.9 Å². The number of thioether (sulfide) groups is 4. The van der Waals surface area contributed by atoms with E-state index in [2.05, 4.69) is 41.7 Å². The number of rotatable bonds is 22. The molecule has 4 aliphatic rings. The van der Waals surface area contributed by atoms with Gasteiger partial charge in [-0.05, 0) is 44.1 Å². The second kappa shape index (κ2) is 28.0. The van der Waals surface area contributed by atoms with E-state index in [1.165, 1.54) is 35.7 Å². The molecule has 2 saturated heterocycles. The van der Waals surface area contributed by atoms with Gasteiger partial charge in [0, 0.05) is 34.1 Å². The second-order valence-electron chi connectivity index (χ2n) is 15.0. The number of aromatic nitrogens is 8. The average Bonchev–Trinajstić information content (AvgIpc) is 3.99. The van der Waals surface area contributed by atoms with E-state index in [1.54, 1.807) is 36.4 Å². The normalized spacial score (nSPS) is 18.3. The van der Waals surface area contributed by atoms with Gasteiger partial charge in [0.2, 0.25) is 22.1 Å². The fraction of sp³-hybridized carbons (Fsp3) is 0.300. The van der Waals surface area contributed by atoms with Crippen LogP contribution in [0.25, 0.3) is 0 Å². The van der Waals surface area contributed by atoms with Crippen molar-refractivity contribution in [2.75, 3.05) is 23.0 Å². The minimum absolute atomic E-state index is 0. The maximum atomic E-state index is 12.8. The van der Waals surface area contributed by atoms with Crippen LogP contribution in [0, 0.1) is 0 Å². The molecule has 2 aromatic carbocycles. The molecule has 4 aliphatic heterocycles. The number of carbonyl (C=O) groups excluding carboxylic acids is 8. The summed E-state index contributed by atoms with van der Waals surface area (Å²) in [6.07, 6.45) is -0.303. The number of β-lactam (4-membered cyclic amide) rings is 2. The van der Waals surface area contributed by atoms with E-state index in [9.17, 15) is 58.2 Å². The van der Waals surface area contributed by atoms with E-state index in [1.807, 2.05) is 0 Å². The molecular formula is C40H34K2N12O16S4. The largest absolute Gasteiger partial charge is 1.00 e. The molecule has 28 nitrogen and oxygen atoms in total. The average molecular weight is 1150 g/mol. The van der Waals surface area contributed by atoms with Gasteiger partial charge in [0.25, 0.3) is 24.8 Å². The van der Waals surface area contributed by atoms with Crippen molar-refractivity contribution in [3.63, 3.8) is 0 Å². The van der Waals surface area contributed by atoms with E-state index < -0.39 is 83.4 Å². The zero-order chi connectivity index (χ0) is 51.6. The Morgan fingerprint density at radius 1 is 0.662 bits per heavy atom. The van der Waals surface area contributed by atoms with Crippen LogP contribution in [-0.4, -0.2) is 167 Å². The Morgan fingerprint density at radius 2 is 1.04 bits per heavy atom. The summed E-state index contributed by atoms with van der Waals surface area (Å²) in [5, 5.41) is 67.5. The Bertz CT molecular complexity index is 2730. The number of benzene rings is 2. The monoisotopic (exact) mass is 1140 g/mol. The van der Waals surface area contributed by atoms with Crippen molar-refractivity contribution < 1.29 is 181 Å². The first-order valence-electron chi connectivity index (χ1n) is 20.5. The van der Waals surface area contributed by atoms with Crippen molar-refractivity contribution in [3.05, 3.63) is 82.2 Å². The van der Waals surface area contributed by atoms with Gasteiger partial charge in [-0.15, -0.1) is 33.7 Å². The number of carboxylic acid groups (broad SMARTS) is 4. The number of ether oxygens (including phenoxy) is 2. The molecule has 4 amide bonds. The number of fused-ring (bicyclic) bond motifs is 2. The first-order chi connectivity index (χ1) is 34.6. The summed E-state index contributed by atoms with van der Waals surface area (Å²) >= 11 is 4.59. The summed E-state index contributed by atoms with van der Waals surface area (Å²) in [5.74, 6) is -6.52. The molecule has 8 rings (SSSR count). The molecule has 0 bridgehead atoms. The van der Waals surface area contributed by atoms with Gasteiger partial charge in [0.1, 0.15) is 47.4 Å². The van der Waals surface area contributed by atoms with Gasteiger partial charge in [-0.1, -0.05) is 59.9 Å². The predicted octanol–water partition coefficient (Wildman–Crippen LogP) is -9.93. The molecule has 4 aromatic rings. The Morgan fingerprint density at radius 3 is 1.39 bits per heavy atom. The van der Waals surface area contributed by atoms with Crippen LogP contribution in [0.4, 0.5) is 0 Å². The first-order valence-corrected chi connectivity index (χ1v) is 24.6. The molecular weight excluding hydrogens is 1110 g/mol. The number of nitrogens with one attached hydrogen (secondary N) is 2. The van der Waals surface area contributed by atoms with Crippen LogP contribution in [0.15, 0.2) is 81.4 Å². The van der Waals surface area contributed by atoms with Crippen LogP contribution >= 0.6 is 47.0 Å². The SMILES string of the molecule is O=COc1ccccc1CC(=O)NC1C(=O)N2C(C(=O)[O-])=C(CSc3nnnn3CC(=O)O)CS[C@H]12.O=COc1ccccc1CC(=O)NC1C(=O)N2C(C(=O)[O-])=C(CSc3nnnn3CC(=O)O)CS[C@H]12.[K+].[K+]. The topological polar surface area (TPSA) is 393 Å². The quantitative estimate of drug-likeness (QED) is 0.0246. The predicted molar refractivity (Wildman–Crippen MR) is 240 cm³/mol. The minimum atomic E-state index is -1.54. The first kappa shape index (κ1) is 60.3. The van der Waals surface area contributed by atoms with Gasteiger partial charge in [-0.2, -0.15) is 0 Å². The summed E-state index contributed by atoms with van der Waals surface area (Å²) in [4.78, 5) is 120. The van der Waals surface area contributed by atoms with Crippen molar-refractivity contribution in [1.29, 1.82) is 0 Å². The standard InChI is InChI=1S/2C20H18N6O8S2.2K/c2*27-9-34-12-4-2-1-3-10(12)5-13(28)21-15-17(31)26-16(19(32)33)11(7-35-18(15)26)8-36-20-22-23-24-25(20)6-14(29)30;;/h2*1-4,9,15,18H,5-8H2,(H,21,28)(H,29,30)(H,32,33);;/q;;2*+1/p-2/t2*15?,18-;;/m11../s1. The van der Waals surface area contributed by atoms with E-state index >= 15 is 0 Å². The molecule has 376 valence electrons. The van der Waals surface area contributed by atoms with Gasteiger partial charge in [0.05, 0.1) is 36.2 Å². The molecule has 74 heavy (non-hydrogen) atoms. The van der Waals surface area contributed by atoms with Gasteiger partial charge in [-0.3, -0.25) is 48.2 Å². The fourth-order valence-corrected chi connectivity index (χ4v) is 12.1. The van der Waals surface area contributed by atoms with Gasteiger partial charge in [-0.25, -0.2) is 9.36 Å². The van der Waals surface area contributed by atoms with E-state index in [0.717, 1.165) is 42.7 Å². The summed E-state index contributed by atoms with van der Waals surface area (Å²) in [5.41, 5.74) is 1.07. The zero-order valence-corrected chi connectivity index (χ0v) is 48.0. The molecule has 0 radical (unpaired) electrons. The van der Waals surface area contributed by atoms with Crippen molar-refractivity contribution in [3.8, 4) is 11.5 Å². The number of aliphatic carboxylic acids is 4. The van der Waals surface area contributed by atoms with Gasteiger partial charge in [0.15, 0.2) is 0 Å². The maximum Gasteiger partial charge on any atom is 1.00 e. The molecule has 34 heteroatoms. The van der Waals surface area contributed by atoms with Crippen LogP contribution in [0.1, 0.15) is 11.1 Å². The molecule has 2 unspecified atom stereocenters. The molecule has 6 heterocycles. The molecule has 4 N–H and O–H groups in total. The van der Waals surface area contributed by atoms with E-state index in [4.69, 9.17) is 19.7 Å². The third-order valence-electron chi connectivity index (χ3n) is 10.4. The number of carbonyl (C=O) groups is 10. The van der Waals surface area contributed by atoms with Crippen molar-refractivity contribution in [1.82, 2.24) is 60.8 Å². The number of tetrazole rings is 2. The Kier molecular flexibility index (Phi) is 22.8. The molecule has 0 saturated carbocycles. The fourth-order valence-electron chi connectivity index (χ4n) is 7.35. The smallest absolute Gasteiger partial charge is 0.543 e. The van der Waals surface area contributed by atoms with E-state index in [0.29, 0.717) is 22.3 Å². The number of carboxylic acids is 4. The Hall–Kier alpha value is -4.57. The third kappa shape index (κ3) is 14.5. The Balaban J connectivity index is 0.000000267. The van der Waals surface area contributed by atoms with Gasteiger partial charge < -0.3 is 50.1 Å². The number of para-hydroxylation sites is 2. The number of amides is 4. The Labute approximate surface area is 518 Å². The summed E-state index contributed by atoms with van der Waals surface area (Å²) in [7, 11) is 0. The summed E-state index contributed by atoms with van der Waals surface area (Å²) in [6.45, 7) is -0.426. The molecule has 4 atom stereocenters. The van der Waals surface area contributed by atoms with Crippen molar-refractivity contribution >= 4 is 107 Å². The number of hydrogen-bond donors (Lipinski definition) is 4. The van der Waals surface area contributed by atoms with Crippen LogP contribution in [0.5, 0.6) is 11.5 Å². The molecule has 2 aromatic heterocycles. The van der Waals surface area contributed by atoms with Crippen LogP contribution in [0.2, 0.25) is 0 Å². The minimum Gasteiger partial charge on any atom is -0.543 e. The summed E-state index contributed by atoms with van der Waals surface area (Å²) < 4.78 is 11.8. The molecule has 2 fully saturated rings. The van der Waals surface area contributed by atoms with E-state index in [-0.39, 0.29) is 185 Å². The van der Waals surface area contributed by atoms with Crippen molar-refractivity contribution in [2.24, 2.45) is 0 Å². The number of hydrogen-bond acceptors (Lipinski definition) is 24. The second-order valence-corrected chi connectivity index (χ2v) is 19.1.